The summed E-state index contributed by atoms with van der Waals surface area (Å²) in [6.45, 7) is 1.14. The normalized spacial score (nSPS) is 18.4. The quantitative estimate of drug-likeness (QED) is 0.916. The van der Waals surface area contributed by atoms with Crippen molar-refractivity contribution in [3.05, 3.63) is 53.6 Å². The van der Waals surface area contributed by atoms with Gasteiger partial charge in [0.2, 0.25) is 0 Å². The Kier molecular flexibility index (Phi) is 3.99. The van der Waals surface area contributed by atoms with Gasteiger partial charge in [-0.25, -0.2) is 4.79 Å². The average molecular weight is 325 g/mol. The van der Waals surface area contributed by atoms with E-state index in [2.05, 4.69) is 5.32 Å². The number of aryl methyl sites for hydroxylation is 1. The SMILES string of the molecule is O=C(NC1CCCc2cc3c(cc21)OCCO3)Oc1ccccc1. The number of hydrogen-bond acceptors (Lipinski definition) is 4. The summed E-state index contributed by atoms with van der Waals surface area (Å²) < 4.78 is 16.7. The van der Waals surface area contributed by atoms with Crippen LogP contribution in [0, 0.1) is 0 Å². The zero-order valence-corrected chi connectivity index (χ0v) is 13.3. The first-order valence-electron chi connectivity index (χ1n) is 8.25. The van der Waals surface area contributed by atoms with Gasteiger partial charge in [0.15, 0.2) is 11.5 Å². The molecule has 2 aromatic carbocycles. The molecule has 0 radical (unpaired) electrons. The molecular weight excluding hydrogens is 306 g/mol. The molecule has 1 aliphatic heterocycles. The maximum Gasteiger partial charge on any atom is 0.413 e. The molecule has 0 fully saturated rings. The van der Waals surface area contributed by atoms with Gasteiger partial charge in [-0.1, -0.05) is 18.2 Å². The Morgan fingerprint density at radius 3 is 2.62 bits per heavy atom. The highest BCUT2D eigenvalue weighted by Crippen LogP contribution is 2.39. The Hall–Kier alpha value is -2.69. The molecule has 0 saturated carbocycles. The summed E-state index contributed by atoms with van der Waals surface area (Å²) in [5.41, 5.74) is 2.30. The number of ether oxygens (including phenoxy) is 3. The molecule has 0 bridgehead atoms. The highest BCUT2D eigenvalue weighted by atomic mass is 16.6. The van der Waals surface area contributed by atoms with E-state index in [0.717, 1.165) is 36.3 Å². The lowest BCUT2D eigenvalue weighted by Crippen LogP contribution is -2.33. The minimum Gasteiger partial charge on any atom is -0.486 e. The van der Waals surface area contributed by atoms with Gasteiger partial charge in [-0.3, -0.25) is 0 Å². The summed E-state index contributed by atoms with van der Waals surface area (Å²) in [5, 5.41) is 2.97. The summed E-state index contributed by atoms with van der Waals surface area (Å²) in [6.07, 6.45) is 2.45. The highest BCUT2D eigenvalue weighted by Gasteiger charge is 2.26. The number of nitrogens with one attached hydrogen (secondary N) is 1. The Bertz CT molecular complexity index is 745. The fourth-order valence-electron chi connectivity index (χ4n) is 3.26. The van der Waals surface area contributed by atoms with Crippen LogP contribution >= 0.6 is 0 Å². The lowest BCUT2D eigenvalue weighted by molar-refractivity contribution is 0.170. The molecule has 1 unspecified atom stereocenters. The smallest absolute Gasteiger partial charge is 0.413 e. The van der Waals surface area contributed by atoms with Gasteiger partial charge in [0.05, 0.1) is 6.04 Å². The summed E-state index contributed by atoms with van der Waals surface area (Å²) in [6, 6.07) is 13.0. The number of para-hydroxylation sites is 1. The monoisotopic (exact) mass is 325 g/mol. The molecule has 4 rings (SSSR count). The van der Waals surface area contributed by atoms with Gasteiger partial charge in [-0.2, -0.15) is 0 Å². The number of fused-ring (bicyclic) bond motifs is 2. The van der Waals surface area contributed by atoms with Gasteiger partial charge >= 0.3 is 6.09 Å². The maximum absolute atomic E-state index is 12.2. The van der Waals surface area contributed by atoms with Crippen molar-refractivity contribution in [3.8, 4) is 17.2 Å². The van der Waals surface area contributed by atoms with Crippen LogP contribution in [0.1, 0.15) is 30.0 Å². The first-order valence-corrected chi connectivity index (χ1v) is 8.25. The van der Waals surface area contributed by atoms with Crippen LogP contribution in [0.3, 0.4) is 0 Å². The molecule has 24 heavy (non-hydrogen) atoms. The molecule has 0 saturated heterocycles. The van der Waals surface area contributed by atoms with E-state index in [1.807, 2.05) is 30.3 Å². The number of amides is 1. The number of rotatable bonds is 2. The van der Waals surface area contributed by atoms with Crippen LogP contribution in [0.4, 0.5) is 4.79 Å². The van der Waals surface area contributed by atoms with Crippen molar-refractivity contribution in [2.45, 2.75) is 25.3 Å². The van der Waals surface area contributed by atoms with Crippen molar-refractivity contribution < 1.29 is 19.0 Å². The van der Waals surface area contributed by atoms with Crippen molar-refractivity contribution in [2.24, 2.45) is 0 Å². The molecule has 1 atom stereocenters. The van der Waals surface area contributed by atoms with E-state index >= 15 is 0 Å². The first kappa shape index (κ1) is 14.9. The Morgan fingerprint density at radius 2 is 1.83 bits per heavy atom. The van der Waals surface area contributed by atoms with Crippen LogP contribution in [0.15, 0.2) is 42.5 Å². The summed E-state index contributed by atoms with van der Waals surface area (Å²) >= 11 is 0. The van der Waals surface area contributed by atoms with E-state index in [1.54, 1.807) is 12.1 Å². The fraction of sp³-hybridized carbons (Fsp3) is 0.316. The zero-order valence-electron chi connectivity index (χ0n) is 13.3. The Labute approximate surface area is 140 Å². The van der Waals surface area contributed by atoms with E-state index in [0.29, 0.717) is 19.0 Å². The lowest BCUT2D eigenvalue weighted by atomic mass is 9.87. The van der Waals surface area contributed by atoms with Gasteiger partial charge in [0.1, 0.15) is 19.0 Å². The largest absolute Gasteiger partial charge is 0.486 e. The van der Waals surface area contributed by atoms with Crippen LogP contribution in [0.2, 0.25) is 0 Å². The summed E-state index contributed by atoms with van der Waals surface area (Å²) in [5.74, 6) is 2.09. The van der Waals surface area contributed by atoms with Crippen LogP contribution in [0.5, 0.6) is 17.2 Å². The summed E-state index contributed by atoms with van der Waals surface area (Å²) in [7, 11) is 0. The van der Waals surface area contributed by atoms with E-state index in [9.17, 15) is 4.79 Å². The number of benzene rings is 2. The third-order valence-corrected chi connectivity index (χ3v) is 4.36. The van der Waals surface area contributed by atoms with E-state index < -0.39 is 6.09 Å². The fourth-order valence-corrected chi connectivity index (χ4v) is 3.26. The summed E-state index contributed by atoms with van der Waals surface area (Å²) in [4.78, 5) is 12.2. The molecule has 5 nitrogen and oxygen atoms in total. The highest BCUT2D eigenvalue weighted by molar-refractivity contribution is 5.71. The van der Waals surface area contributed by atoms with E-state index in [4.69, 9.17) is 14.2 Å². The third kappa shape index (κ3) is 3.02. The van der Waals surface area contributed by atoms with E-state index in [1.165, 1.54) is 5.56 Å². The second-order valence-corrected chi connectivity index (χ2v) is 5.99. The minimum absolute atomic E-state index is 0.0687. The first-order chi connectivity index (χ1) is 11.8. The molecule has 2 aromatic rings. The predicted molar refractivity (Wildman–Crippen MR) is 88.7 cm³/mol. The molecule has 0 aromatic heterocycles. The van der Waals surface area contributed by atoms with Gasteiger partial charge in [-0.15, -0.1) is 0 Å². The van der Waals surface area contributed by atoms with Gasteiger partial charge < -0.3 is 19.5 Å². The van der Waals surface area contributed by atoms with Crippen LogP contribution in [0.25, 0.3) is 0 Å². The molecular formula is C19H19NO4. The third-order valence-electron chi connectivity index (χ3n) is 4.36. The zero-order chi connectivity index (χ0) is 16.4. The molecule has 1 amide bonds. The molecule has 0 spiro atoms. The predicted octanol–water partition coefficient (Wildman–Crippen LogP) is 3.62. The Morgan fingerprint density at radius 1 is 1.08 bits per heavy atom. The average Bonchev–Trinajstić information content (AvgIpc) is 2.61. The second-order valence-electron chi connectivity index (χ2n) is 5.99. The van der Waals surface area contributed by atoms with E-state index in [-0.39, 0.29) is 6.04 Å². The van der Waals surface area contributed by atoms with Gasteiger partial charge in [-0.05, 0) is 54.7 Å². The lowest BCUT2D eigenvalue weighted by Gasteiger charge is -2.28. The molecule has 5 heteroatoms. The molecule has 1 aliphatic carbocycles. The topological polar surface area (TPSA) is 56.8 Å². The van der Waals surface area contributed by atoms with Crippen molar-refractivity contribution in [3.63, 3.8) is 0 Å². The molecule has 1 heterocycles. The van der Waals surface area contributed by atoms with Crippen LogP contribution in [-0.2, 0) is 6.42 Å². The standard InChI is InChI=1S/C19H19NO4/c21-19(24-14-6-2-1-3-7-14)20-16-8-4-5-13-11-17-18(12-15(13)16)23-10-9-22-17/h1-3,6-7,11-12,16H,4-5,8-10H2,(H,20,21). The number of carbonyl (C=O) groups is 1. The maximum atomic E-state index is 12.2. The van der Waals surface area contributed by atoms with Crippen molar-refractivity contribution >= 4 is 6.09 Å². The van der Waals surface area contributed by atoms with Crippen molar-refractivity contribution in [1.29, 1.82) is 0 Å². The number of carbonyl (C=O) groups excluding carboxylic acids is 1. The minimum atomic E-state index is -0.436. The molecule has 1 N–H and O–H groups in total. The van der Waals surface area contributed by atoms with Crippen LogP contribution < -0.4 is 19.5 Å². The second kappa shape index (κ2) is 6.43. The van der Waals surface area contributed by atoms with Crippen molar-refractivity contribution in [2.75, 3.05) is 13.2 Å². The van der Waals surface area contributed by atoms with Gasteiger partial charge in [0.25, 0.3) is 0 Å². The Balaban J connectivity index is 1.52. The molecule has 2 aliphatic rings. The van der Waals surface area contributed by atoms with Crippen LogP contribution in [-0.4, -0.2) is 19.3 Å². The van der Waals surface area contributed by atoms with Crippen molar-refractivity contribution in [1.82, 2.24) is 5.32 Å². The van der Waals surface area contributed by atoms with Gasteiger partial charge in [0, 0.05) is 0 Å². The molecule has 124 valence electrons. The number of hydrogen-bond donors (Lipinski definition) is 1.